The molecule has 36 heavy (non-hydrogen) atoms. The summed E-state index contributed by atoms with van der Waals surface area (Å²) in [6.07, 6.45) is 0. The van der Waals surface area contributed by atoms with Crippen LogP contribution in [-0.4, -0.2) is 29.8 Å². The number of hydrogen-bond donors (Lipinski definition) is 5. The molecule has 3 aromatic carbocycles. The normalized spacial score (nSPS) is 13.0. The molecule has 0 amide bonds. The Bertz CT molecular complexity index is 1700. The Morgan fingerprint density at radius 2 is 1.03 bits per heavy atom. The highest BCUT2D eigenvalue weighted by Gasteiger charge is 2.22. The maximum atomic E-state index is 11.8. The number of hydrogen-bond acceptors (Lipinski definition) is 12. The predicted molar refractivity (Wildman–Crippen MR) is 129 cm³/mol. The quantitative estimate of drug-likeness (QED) is 0.162. The molecule has 9 N–H and O–H groups in total. The molecule has 0 aromatic heterocycles. The van der Waals surface area contributed by atoms with E-state index in [9.17, 15) is 29.8 Å². The Hall–Kier alpha value is -3.81. The molecule has 0 fully saturated rings. The summed E-state index contributed by atoms with van der Waals surface area (Å²) < 4.78 is 78.7. The van der Waals surface area contributed by atoms with Gasteiger partial charge in [0.15, 0.2) is 0 Å². The van der Waals surface area contributed by atoms with E-state index < -0.39 is 40.7 Å². The number of nitrogens with two attached hydrogens (primary N) is 4. The topological polar surface area (TPSA) is 276 Å². The van der Waals surface area contributed by atoms with Crippen molar-refractivity contribution in [3.8, 4) is 0 Å². The van der Waals surface area contributed by atoms with E-state index in [4.69, 9.17) is 21.7 Å². The van der Waals surface area contributed by atoms with Gasteiger partial charge in [0, 0.05) is 0 Å². The summed E-state index contributed by atoms with van der Waals surface area (Å²) in [5.74, 6) is 0. The molecule has 0 radical (unpaired) electrons. The fourth-order valence-electron chi connectivity index (χ4n) is 2.69. The second-order valence-electron chi connectivity index (χ2n) is 7.02. The standard InChI is InChI=1S/C18H18N8O7S3/c19-16-14(25-23-10-1-5-12(6-2-10)34(21,27)28)9-15(36(31,32)33)17(20)18(16)26-24-11-3-7-13(8-4-11)35(22,29)30/h1-9H,19-20H2,(H2,21,27,28)(H2,22,29,30)(H,31,32,33). The molecule has 15 nitrogen and oxygen atoms in total. The molecule has 0 aliphatic rings. The minimum absolute atomic E-state index is 0.136. The van der Waals surface area contributed by atoms with Gasteiger partial charge in [0.25, 0.3) is 10.1 Å². The number of benzene rings is 3. The van der Waals surface area contributed by atoms with Crippen LogP contribution in [-0.2, 0) is 30.2 Å². The molecule has 0 saturated carbocycles. The van der Waals surface area contributed by atoms with Crippen LogP contribution in [0.2, 0.25) is 0 Å². The average molecular weight is 555 g/mol. The molecule has 0 atom stereocenters. The molecule has 0 heterocycles. The first-order chi connectivity index (χ1) is 16.6. The molecule has 190 valence electrons. The molecule has 0 saturated heterocycles. The van der Waals surface area contributed by atoms with E-state index in [2.05, 4.69) is 20.5 Å². The Morgan fingerprint density at radius 1 is 0.611 bits per heavy atom. The summed E-state index contributed by atoms with van der Waals surface area (Å²) in [5, 5.41) is 25.5. The lowest BCUT2D eigenvalue weighted by molar-refractivity contribution is 0.483. The second-order valence-corrected chi connectivity index (χ2v) is 11.5. The third kappa shape index (κ3) is 6.24. The molecule has 3 rings (SSSR count). The van der Waals surface area contributed by atoms with Crippen LogP contribution in [0, 0.1) is 0 Å². The average Bonchev–Trinajstić information content (AvgIpc) is 2.77. The summed E-state index contributed by atoms with van der Waals surface area (Å²) >= 11 is 0. The van der Waals surface area contributed by atoms with Crippen LogP contribution < -0.4 is 21.7 Å². The zero-order valence-corrected chi connectivity index (χ0v) is 20.4. The van der Waals surface area contributed by atoms with Crippen molar-refractivity contribution in [1.82, 2.24) is 0 Å². The fourth-order valence-corrected chi connectivity index (χ4v) is 4.36. The first-order valence-electron chi connectivity index (χ1n) is 9.36. The Kier molecular flexibility index (Phi) is 7.20. The van der Waals surface area contributed by atoms with Gasteiger partial charge in [-0.25, -0.2) is 27.1 Å². The number of primary sulfonamides is 2. The molecule has 3 aromatic rings. The van der Waals surface area contributed by atoms with E-state index in [0.717, 1.165) is 6.07 Å². The lowest BCUT2D eigenvalue weighted by Gasteiger charge is -2.10. The van der Waals surface area contributed by atoms with Gasteiger partial charge in [-0.1, -0.05) is 0 Å². The molecule has 0 unspecified atom stereocenters. The minimum atomic E-state index is -4.85. The number of rotatable bonds is 7. The molecule has 0 aliphatic heterocycles. The van der Waals surface area contributed by atoms with Gasteiger partial charge in [-0.3, -0.25) is 4.55 Å². The van der Waals surface area contributed by atoms with E-state index in [-0.39, 0.29) is 38.2 Å². The minimum Gasteiger partial charge on any atom is -0.396 e. The number of sulfonamides is 2. The Labute approximate surface area is 205 Å². The van der Waals surface area contributed by atoms with Gasteiger partial charge in [0.2, 0.25) is 20.0 Å². The van der Waals surface area contributed by atoms with E-state index in [1.165, 1.54) is 48.5 Å². The SMILES string of the molecule is Nc1c(N=Nc2ccc(S(N)(=O)=O)cc2)cc(S(=O)(=O)O)c(N)c1N=Nc1ccc(S(N)(=O)=O)cc1. The van der Waals surface area contributed by atoms with Crippen LogP contribution >= 0.6 is 0 Å². The summed E-state index contributed by atoms with van der Waals surface area (Å²) in [6.45, 7) is 0. The van der Waals surface area contributed by atoms with Crippen molar-refractivity contribution >= 4 is 64.3 Å². The van der Waals surface area contributed by atoms with Crippen molar-refractivity contribution in [3.05, 3.63) is 54.6 Å². The van der Waals surface area contributed by atoms with E-state index in [1.807, 2.05) is 0 Å². The van der Waals surface area contributed by atoms with Crippen LogP contribution in [0.4, 0.5) is 34.1 Å². The van der Waals surface area contributed by atoms with Gasteiger partial charge < -0.3 is 11.5 Å². The number of azo groups is 2. The maximum absolute atomic E-state index is 11.8. The molecular formula is C18H18N8O7S3. The fraction of sp³-hybridized carbons (Fsp3) is 0. The summed E-state index contributed by atoms with van der Waals surface area (Å²) in [5.41, 5.74) is 10.8. The molecule has 0 aliphatic carbocycles. The van der Waals surface area contributed by atoms with Crippen molar-refractivity contribution in [2.24, 2.45) is 30.7 Å². The van der Waals surface area contributed by atoms with Gasteiger partial charge in [0.05, 0.1) is 32.5 Å². The maximum Gasteiger partial charge on any atom is 0.296 e. The third-order valence-corrected chi connectivity index (χ3v) is 7.22. The molecular weight excluding hydrogens is 536 g/mol. The van der Waals surface area contributed by atoms with Gasteiger partial charge >= 0.3 is 0 Å². The summed E-state index contributed by atoms with van der Waals surface area (Å²) in [4.78, 5) is -1.11. The van der Waals surface area contributed by atoms with Crippen molar-refractivity contribution in [1.29, 1.82) is 0 Å². The zero-order chi connectivity index (χ0) is 26.9. The number of nitrogen functional groups attached to an aromatic ring is 2. The number of nitrogens with zero attached hydrogens (tertiary/aromatic N) is 4. The Morgan fingerprint density at radius 3 is 1.42 bits per heavy atom. The smallest absolute Gasteiger partial charge is 0.296 e. The zero-order valence-electron chi connectivity index (χ0n) is 17.9. The third-order valence-electron chi connectivity index (χ3n) is 4.47. The summed E-state index contributed by atoms with van der Waals surface area (Å²) in [7, 11) is -12.7. The number of anilines is 2. The van der Waals surface area contributed by atoms with Crippen LogP contribution in [0.1, 0.15) is 0 Å². The summed E-state index contributed by atoms with van der Waals surface area (Å²) in [6, 6.07) is 10.7. The van der Waals surface area contributed by atoms with Gasteiger partial charge in [0.1, 0.15) is 16.3 Å². The van der Waals surface area contributed by atoms with Crippen molar-refractivity contribution in [3.63, 3.8) is 0 Å². The molecule has 0 spiro atoms. The largest absolute Gasteiger partial charge is 0.396 e. The van der Waals surface area contributed by atoms with Crippen LogP contribution in [0.5, 0.6) is 0 Å². The van der Waals surface area contributed by atoms with Crippen LogP contribution in [0.15, 0.2) is 89.7 Å². The van der Waals surface area contributed by atoms with E-state index >= 15 is 0 Å². The molecule has 0 bridgehead atoms. The van der Waals surface area contributed by atoms with Crippen molar-refractivity contribution in [2.45, 2.75) is 14.7 Å². The Balaban J connectivity index is 2.05. The monoisotopic (exact) mass is 554 g/mol. The molecule has 18 heteroatoms. The highest BCUT2D eigenvalue weighted by Crippen LogP contribution is 2.43. The van der Waals surface area contributed by atoms with Gasteiger partial charge in [-0.2, -0.15) is 18.6 Å². The van der Waals surface area contributed by atoms with Crippen LogP contribution in [0.25, 0.3) is 0 Å². The van der Waals surface area contributed by atoms with E-state index in [0.29, 0.717) is 0 Å². The van der Waals surface area contributed by atoms with Crippen molar-refractivity contribution in [2.75, 3.05) is 11.5 Å². The van der Waals surface area contributed by atoms with Gasteiger partial charge in [-0.05, 0) is 54.6 Å². The second kappa shape index (κ2) is 9.68. The van der Waals surface area contributed by atoms with Crippen LogP contribution in [0.3, 0.4) is 0 Å². The van der Waals surface area contributed by atoms with Crippen molar-refractivity contribution < 1.29 is 29.8 Å². The lowest BCUT2D eigenvalue weighted by atomic mass is 10.2. The predicted octanol–water partition coefficient (Wildman–Crippen LogP) is 2.22. The first kappa shape index (κ1) is 26.8. The highest BCUT2D eigenvalue weighted by atomic mass is 32.2. The van der Waals surface area contributed by atoms with E-state index in [1.54, 1.807) is 0 Å². The van der Waals surface area contributed by atoms with Gasteiger partial charge in [-0.15, -0.1) is 10.2 Å². The first-order valence-corrected chi connectivity index (χ1v) is 13.9. The lowest BCUT2D eigenvalue weighted by Crippen LogP contribution is -2.11. The highest BCUT2D eigenvalue weighted by molar-refractivity contribution is 7.89.